The lowest BCUT2D eigenvalue weighted by Gasteiger charge is -2.48. The zero-order valence-corrected chi connectivity index (χ0v) is 58.6. The van der Waals surface area contributed by atoms with E-state index in [0.29, 0.717) is 72.8 Å². The molecule has 0 bridgehead atoms. The molecule has 0 saturated heterocycles. The summed E-state index contributed by atoms with van der Waals surface area (Å²) in [6, 6.07) is 58.8. The first-order valence-corrected chi connectivity index (χ1v) is 37.0. The van der Waals surface area contributed by atoms with Gasteiger partial charge in [-0.05, 0) is 149 Å². The van der Waals surface area contributed by atoms with Gasteiger partial charge in [-0.2, -0.15) is 0 Å². The molecule has 0 saturated carbocycles. The summed E-state index contributed by atoms with van der Waals surface area (Å²) in [4.78, 5) is 4.27. The number of anilines is 6. The van der Waals surface area contributed by atoms with Crippen LogP contribution in [0.25, 0.3) is 133 Å². The highest BCUT2D eigenvalue weighted by atomic mass is 16.5. The van der Waals surface area contributed by atoms with Gasteiger partial charge in [0.1, 0.15) is 34.2 Å². The summed E-state index contributed by atoms with van der Waals surface area (Å²) in [5, 5.41) is 0.947. The Morgan fingerprint density at radius 2 is 0.652 bits per heavy atom. The minimum absolute atomic E-state index is 0.0200. The molecule has 26 rings (SSSR count). The van der Waals surface area contributed by atoms with Gasteiger partial charge in [0.05, 0.1) is 52.6 Å². The average molecular weight is 1440 g/mol. The van der Waals surface area contributed by atoms with E-state index in [1.165, 1.54) is 0 Å². The molecule has 9 heterocycles. The molecule has 6 aliphatic heterocycles. The molecule has 17 aromatic carbocycles. The van der Waals surface area contributed by atoms with Gasteiger partial charge in [-0.15, -0.1) is 0 Å². The third-order valence-electron chi connectivity index (χ3n) is 23.6. The van der Waals surface area contributed by atoms with Crippen molar-refractivity contribution in [3.8, 4) is 90.0 Å². The predicted octanol–water partition coefficient (Wildman–Crippen LogP) is 20.1. The Hall–Kier alpha value is -14.5. The van der Waals surface area contributed by atoms with Crippen LogP contribution in [0, 0.1) is 0 Å². The van der Waals surface area contributed by atoms with Gasteiger partial charge in [0, 0.05) is 99.7 Å². The normalized spacial score (nSPS) is 16.2. The Bertz CT molecular complexity index is 8400. The summed E-state index contributed by atoms with van der Waals surface area (Å²) < 4.78 is 246. The molecule has 0 spiro atoms. The second kappa shape index (κ2) is 22.6. The molecule has 514 valence electrons. The summed E-state index contributed by atoms with van der Waals surface area (Å²) in [7, 11) is 0. The van der Waals surface area contributed by atoms with Crippen molar-refractivity contribution in [2.75, 3.05) is 9.80 Å². The van der Waals surface area contributed by atoms with Gasteiger partial charge in [0.15, 0.2) is 0 Å². The topological polar surface area (TPSA) is 47.9 Å². The standard InChI is InChI=1S/C102H59B3N4O3/c1-5-27-60(28-6-1)66-38-23-39-67(61-29-7-2-8-30-61)97(66)108-82-56-65(64-53-54-89-75(55-64)72-37-15-20-50-88(72)110-89)57-83-92(82)105(95-86(108)58-84-93-101(95)111-90-51-21-16-44-76(90)103(93)78-46-25-42-73-70-35-13-18-48-80(70)106(84)99(73)78)96-87(109(83)98-68(62-31-9-3-10-32-62)40-24-41-69(98)63-33-11-4-12-34-63)59-85-94-102(96)112-91-52-22-17-45-77(91)104(94)79-47-26-43-74-71-36-14-19-49-81(71)107(85)100(74)79/h1-59H/i13D,14D,16D,17D,18D,19D,21D,22D,25D,26D,35D,36D,42D,43D,44D,45D,46D,47D,48D,49D,51D,52D. The molecule has 0 N–H and O–H groups in total. The third kappa shape index (κ3) is 8.06. The van der Waals surface area contributed by atoms with Crippen molar-refractivity contribution in [3.63, 3.8) is 0 Å². The molecule has 3 aromatic heterocycles. The summed E-state index contributed by atoms with van der Waals surface area (Å²) in [5.41, 5.74) is 10.6. The summed E-state index contributed by atoms with van der Waals surface area (Å²) in [6.45, 7) is -4.72. The van der Waals surface area contributed by atoms with Crippen molar-refractivity contribution in [3.05, 3.63) is 357 Å². The number of hydrogen-bond donors (Lipinski definition) is 0. The maximum Gasteiger partial charge on any atom is 0.261 e. The molecule has 7 nitrogen and oxygen atoms in total. The van der Waals surface area contributed by atoms with E-state index in [9.17, 15) is 30.2 Å². The Morgan fingerprint density at radius 1 is 0.259 bits per heavy atom. The average Bonchev–Trinajstić information content (AvgIpc) is 1.25. The first-order valence-electron chi connectivity index (χ1n) is 48.0. The lowest BCUT2D eigenvalue weighted by Crippen LogP contribution is -2.67. The van der Waals surface area contributed by atoms with E-state index in [1.807, 2.05) is 206 Å². The highest BCUT2D eigenvalue weighted by Crippen LogP contribution is 2.57. The molecule has 0 amide bonds. The van der Waals surface area contributed by atoms with Crippen molar-refractivity contribution in [2.24, 2.45) is 0 Å². The number of hydrogen-bond acceptors (Lipinski definition) is 5. The van der Waals surface area contributed by atoms with Gasteiger partial charge in [-0.3, -0.25) is 0 Å². The predicted molar refractivity (Wildman–Crippen MR) is 466 cm³/mol. The fraction of sp³-hybridized carbons (Fsp3) is 0. The number of furan rings is 1. The maximum absolute atomic E-state index is 10.5. The molecule has 0 fully saturated rings. The van der Waals surface area contributed by atoms with Crippen LogP contribution in [0.1, 0.15) is 30.2 Å². The summed E-state index contributed by atoms with van der Waals surface area (Å²) >= 11 is 0. The highest BCUT2D eigenvalue weighted by Gasteiger charge is 2.55. The van der Waals surface area contributed by atoms with E-state index in [-0.39, 0.29) is 122 Å². The van der Waals surface area contributed by atoms with Gasteiger partial charge >= 0.3 is 0 Å². The van der Waals surface area contributed by atoms with Crippen LogP contribution >= 0.6 is 0 Å². The van der Waals surface area contributed by atoms with Crippen LogP contribution in [0.3, 0.4) is 0 Å². The van der Waals surface area contributed by atoms with Crippen LogP contribution < -0.4 is 68.4 Å². The number of fused-ring (bicyclic) bond motifs is 23. The van der Waals surface area contributed by atoms with E-state index < -0.39 is 165 Å². The fourth-order valence-corrected chi connectivity index (χ4v) is 19.3. The smallest absolute Gasteiger partial charge is 0.261 e. The van der Waals surface area contributed by atoms with Gasteiger partial charge < -0.3 is 32.8 Å². The Balaban J connectivity index is 0.952. The van der Waals surface area contributed by atoms with Crippen molar-refractivity contribution >= 4 is 169 Å². The van der Waals surface area contributed by atoms with Crippen LogP contribution in [0.4, 0.5) is 34.1 Å². The highest BCUT2D eigenvalue weighted by molar-refractivity contribution is 7.05. The Kier molecular flexibility index (Phi) is 8.77. The minimum atomic E-state index is -1.61. The molecule has 0 unspecified atom stereocenters. The van der Waals surface area contributed by atoms with Crippen molar-refractivity contribution in [2.45, 2.75) is 0 Å². The lowest BCUT2D eigenvalue weighted by molar-refractivity contribution is 0.490. The van der Waals surface area contributed by atoms with Crippen molar-refractivity contribution in [1.82, 2.24) is 9.13 Å². The van der Waals surface area contributed by atoms with Gasteiger partial charge in [0.2, 0.25) is 0 Å². The molecule has 20 aromatic rings. The van der Waals surface area contributed by atoms with Crippen molar-refractivity contribution in [1.29, 1.82) is 0 Å². The number of para-hydroxylation sites is 9. The molecular formula is C102H59B3N4O3. The molecule has 112 heavy (non-hydrogen) atoms. The number of aromatic nitrogens is 2. The largest absolute Gasteiger partial charge is 0.459 e. The number of nitrogens with zero attached hydrogens (tertiary/aromatic N) is 4. The molecule has 10 heteroatoms. The maximum atomic E-state index is 10.5. The van der Waals surface area contributed by atoms with E-state index in [1.54, 1.807) is 9.13 Å². The molecule has 0 aliphatic carbocycles. The molecule has 6 aliphatic rings. The van der Waals surface area contributed by atoms with Crippen LogP contribution in [-0.2, 0) is 0 Å². The van der Waals surface area contributed by atoms with Crippen LogP contribution in [-0.4, -0.2) is 29.3 Å². The third-order valence-corrected chi connectivity index (χ3v) is 23.6. The quantitative estimate of drug-likeness (QED) is 0.149. The van der Waals surface area contributed by atoms with E-state index in [2.05, 4.69) is 28.0 Å². The Labute approximate surface area is 676 Å². The van der Waals surface area contributed by atoms with Crippen LogP contribution in [0.15, 0.2) is 362 Å². The molecular weight excluding hydrogens is 1360 g/mol. The monoisotopic (exact) mass is 1440 g/mol. The number of ether oxygens (including phenoxy) is 2. The minimum Gasteiger partial charge on any atom is -0.459 e. The lowest BCUT2D eigenvalue weighted by atomic mass is 9.28. The number of rotatable bonds is 7. The van der Waals surface area contributed by atoms with E-state index in [0.717, 1.165) is 33.0 Å². The summed E-state index contributed by atoms with van der Waals surface area (Å²) in [6.07, 6.45) is 0. The Morgan fingerprint density at radius 3 is 1.13 bits per heavy atom. The van der Waals surface area contributed by atoms with Gasteiger partial charge in [-0.25, -0.2) is 0 Å². The van der Waals surface area contributed by atoms with Crippen molar-refractivity contribution < 1.29 is 44.0 Å². The van der Waals surface area contributed by atoms with Crippen LogP contribution in [0.2, 0.25) is 0 Å². The van der Waals surface area contributed by atoms with Gasteiger partial charge in [-0.1, -0.05) is 291 Å². The fourth-order valence-electron chi connectivity index (χ4n) is 19.3. The zero-order chi connectivity index (χ0) is 91.9. The zero-order valence-electron chi connectivity index (χ0n) is 80.6. The van der Waals surface area contributed by atoms with E-state index >= 15 is 0 Å². The summed E-state index contributed by atoms with van der Waals surface area (Å²) in [5.74, 6) is -1.08. The van der Waals surface area contributed by atoms with Gasteiger partial charge in [0.25, 0.3) is 20.1 Å². The molecule has 0 radical (unpaired) electrons. The second-order valence-corrected chi connectivity index (χ2v) is 29.0. The molecule has 0 atom stereocenters. The number of benzene rings is 17. The van der Waals surface area contributed by atoms with E-state index in [4.69, 9.17) is 13.9 Å². The SMILES string of the molecule is [2H]c1c([2H])c([2H])c2c(c1[2H])Oc1c3c(cc4c1B2c1c([2H])c([2H])c([2H])c2c5c([2H])c([2H])c([2H])c([2H])c5n-4c12)N(c1c(-c2ccccc2)cccc1-c1ccccc1)c1cc(-c2ccc4oc5ccccc5c4c2)cc2c1B3c1c(cc3c4c1Oc1c([2H])c([2H])c([2H])c([2H])c1B4c1c([2H])c([2H])c([2H])c4c5c([2H])c([2H])c([2H])c([2H])c5n-3c14)N2c1c(-c2ccccc2)cccc1-c1ccccc1. The van der Waals surface area contributed by atoms with Crippen LogP contribution in [0.5, 0.6) is 23.0 Å². The first-order chi connectivity index (χ1) is 64.8. The first kappa shape index (κ1) is 43.5. The second-order valence-electron chi connectivity index (χ2n) is 29.0.